The minimum Gasteiger partial charge on any atom is -0.383 e. The Morgan fingerprint density at radius 2 is 1.78 bits per heavy atom. The number of ether oxygens (including phenoxy) is 1. The average Bonchev–Trinajstić information content (AvgIpc) is 3.01. The van der Waals surface area contributed by atoms with Crippen molar-refractivity contribution in [3.8, 4) is 0 Å². The fraction of sp³-hybridized carbons (Fsp3) is 0.421. The Hall–Kier alpha value is -2.71. The number of quaternary nitrogens is 1. The Bertz CT molecular complexity index is 1050. The zero-order valence-corrected chi connectivity index (χ0v) is 16.2. The summed E-state index contributed by atoms with van der Waals surface area (Å²) in [4.78, 5) is 30.8. The lowest BCUT2D eigenvalue weighted by Gasteiger charge is -2.15. The van der Waals surface area contributed by atoms with Crippen LogP contribution < -0.4 is 16.1 Å². The predicted octanol–water partition coefficient (Wildman–Crippen LogP) is -0.705. The number of fused-ring (bicyclic) bond motifs is 1. The number of nitrogens with zero attached hydrogens (tertiary/aromatic N) is 4. The van der Waals surface area contributed by atoms with Gasteiger partial charge in [-0.05, 0) is 0 Å². The largest absolute Gasteiger partial charge is 0.383 e. The predicted molar refractivity (Wildman–Crippen MR) is 103 cm³/mol. The van der Waals surface area contributed by atoms with Crippen LogP contribution in [-0.2, 0) is 38.5 Å². The van der Waals surface area contributed by atoms with Gasteiger partial charge in [-0.3, -0.25) is 13.9 Å². The van der Waals surface area contributed by atoms with Gasteiger partial charge in [0, 0.05) is 33.3 Å². The van der Waals surface area contributed by atoms with Crippen LogP contribution in [0.25, 0.3) is 11.2 Å². The van der Waals surface area contributed by atoms with E-state index in [2.05, 4.69) is 24.2 Å². The van der Waals surface area contributed by atoms with Crippen LogP contribution in [0.15, 0.2) is 39.9 Å². The molecular weight excluding hydrogens is 346 g/mol. The van der Waals surface area contributed by atoms with Crippen LogP contribution in [0.5, 0.6) is 0 Å². The van der Waals surface area contributed by atoms with Crippen molar-refractivity contribution in [2.24, 2.45) is 14.1 Å². The molecule has 3 aromatic rings. The molecule has 0 saturated carbocycles. The fourth-order valence-corrected chi connectivity index (χ4v) is 3.33. The Morgan fingerprint density at radius 1 is 1.07 bits per heavy atom. The highest BCUT2D eigenvalue weighted by Crippen LogP contribution is 2.10. The zero-order chi connectivity index (χ0) is 19.6. The van der Waals surface area contributed by atoms with E-state index in [0.717, 1.165) is 16.9 Å². The van der Waals surface area contributed by atoms with E-state index >= 15 is 0 Å². The maximum atomic E-state index is 12.7. The third-order valence-corrected chi connectivity index (χ3v) is 4.75. The molecule has 0 aliphatic heterocycles. The van der Waals surface area contributed by atoms with Crippen molar-refractivity contribution in [2.45, 2.75) is 19.6 Å². The maximum Gasteiger partial charge on any atom is 0.332 e. The third-order valence-electron chi connectivity index (χ3n) is 4.75. The molecule has 2 aromatic heterocycles. The van der Waals surface area contributed by atoms with Gasteiger partial charge in [0.05, 0.1) is 13.7 Å². The van der Waals surface area contributed by atoms with E-state index in [1.165, 1.54) is 22.1 Å². The second-order valence-corrected chi connectivity index (χ2v) is 6.85. The molecule has 0 fully saturated rings. The second kappa shape index (κ2) is 7.89. The summed E-state index contributed by atoms with van der Waals surface area (Å²) in [6.45, 7) is 2.44. The van der Waals surface area contributed by atoms with Crippen molar-refractivity contribution in [3.05, 3.63) is 62.6 Å². The molecule has 0 aliphatic rings. The normalized spacial score (nSPS) is 12.6. The lowest BCUT2D eigenvalue weighted by molar-refractivity contribution is -0.908. The highest BCUT2D eigenvalue weighted by Gasteiger charge is 2.21. The van der Waals surface area contributed by atoms with Gasteiger partial charge in [0.2, 0.25) is 0 Å². The number of aromatic nitrogens is 4. The number of nitrogens with one attached hydrogen (secondary N) is 1. The molecule has 2 heterocycles. The van der Waals surface area contributed by atoms with Crippen molar-refractivity contribution >= 4 is 11.2 Å². The number of rotatable bonds is 7. The van der Waals surface area contributed by atoms with Crippen molar-refractivity contribution in [1.29, 1.82) is 0 Å². The van der Waals surface area contributed by atoms with Crippen LogP contribution in [0.2, 0.25) is 0 Å². The number of benzene rings is 1. The van der Waals surface area contributed by atoms with Gasteiger partial charge < -0.3 is 14.2 Å². The Balaban J connectivity index is 2.03. The summed E-state index contributed by atoms with van der Waals surface area (Å²) in [7, 11) is 6.84. The number of imidazole rings is 1. The number of hydrogen-bond donors (Lipinski definition) is 1. The molecule has 0 bridgehead atoms. The molecule has 0 spiro atoms. The summed E-state index contributed by atoms with van der Waals surface area (Å²) in [6.07, 6.45) is 0. The smallest absolute Gasteiger partial charge is 0.332 e. The van der Waals surface area contributed by atoms with E-state index in [0.29, 0.717) is 30.9 Å². The molecule has 1 aromatic carbocycles. The average molecular weight is 372 g/mol. The quantitative estimate of drug-likeness (QED) is 0.595. The van der Waals surface area contributed by atoms with Gasteiger partial charge in [-0.2, -0.15) is 0 Å². The number of hydrogen-bond acceptors (Lipinski definition) is 4. The molecule has 0 saturated heterocycles. The standard InChI is InChI=1S/C19H25N5O3/c1-21(12-14-8-6-5-7-9-14)13-15-20-17-16(24(15)10-11-27-4)18(25)23(3)19(26)22(17)2/h5-9H,10-13H2,1-4H3/p+1. The van der Waals surface area contributed by atoms with Gasteiger partial charge in [-0.25, -0.2) is 9.78 Å². The van der Waals surface area contributed by atoms with Crippen molar-refractivity contribution in [1.82, 2.24) is 18.7 Å². The Kier molecular flexibility index (Phi) is 5.57. The van der Waals surface area contributed by atoms with E-state index in [4.69, 9.17) is 4.74 Å². The van der Waals surface area contributed by atoms with Crippen LogP contribution in [0, 0.1) is 0 Å². The first-order valence-corrected chi connectivity index (χ1v) is 8.93. The molecule has 8 heteroatoms. The van der Waals surface area contributed by atoms with Gasteiger partial charge in [0.25, 0.3) is 5.56 Å². The highest BCUT2D eigenvalue weighted by atomic mass is 16.5. The summed E-state index contributed by atoms with van der Waals surface area (Å²) in [5, 5.41) is 0. The molecule has 0 amide bonds. The molecule has 27 heavy (non-hydrogen) atoms. The van der Waals surface area contributed by atoms with Crippen LogP contribution in [-0.4, -0.2) is 39.4 Å². The van der Waals surface area contributed by atoms with Crippen molar-refractivity contribution < 1.29 is 9.64 Å². The maximum absolute atomic E-state index is 12.7. The second-order valence-electron chi connectivity index (χ2n) is 6.85. The van der Waals surface area contributed by atoms with Gasteiger partial charge in [-0.15, -0.1) is 0 Å². The van der Waals surface area contributed by atoms with Crippen molar-refractivity contribution in [3.63, 3.8) is 0 Å². The van der Waals surface area contributed by atoms with Crippen LogP contribution in [0.3, 0.4) is 0 Å². The van der Waals surface area contributed by atoms with E-state index in [1.54, 1.807) is 14.2 Å². The summed E-state index contributed by atoms with van der Waals surface area (Å²) < 4.78 is 9.64. The molecular formula is C19H26N5O3+. The van der Waals surface area contributed by atoms with E-state index < -0.39 is 0 Å². The first kappa shape index (κ1) is 19.1. The summed E-state index contributed by atoms with van der Waals surface area (Å²) in [6, 6.07) is 10.2. The Morgan fingerprint density at radius 3 is 2.44 bits per heavy atom. The minimum absolute atomic E-state index is 0.330. The number of aryl methyl sites for hydroxylation is 1. The molecule has 0 aliphatic carbocycles. The molecule has 1 N–H and O–H groups in total. The topological polar surface area (TPSA) is 75.5 Å². The first-order valence-electron chi connectivity index (χ1n) is 8.93. The van der Waals surface area contributed by atoms with Gasteiger partial charge in [0.15, 0.2) is 17.0 Å². The minimum atomic E-state index is -0.375. The van der Waals surface area contributed by atoms with Crippen LogP contribution >= 0.6 is 0 Å². The molecule has 144 valence electrons. The van der Waals surface area contributed by atoms with Crippen LogP contribution in [0.1, 0.15) is 11.4 Å². The first-order chi connectivity index (χ1) is 12.9. The summed E-state index contributed by atoms with van der Waals surface area (Å²) in [5.41, 5.74) is 1.39. The molecule has 8 nitrogen and oxygen atoms in total. The molecule has 3 rings (SSSR count). The van der Waals surface area contributed by atoms with Gasteiger partial charge in [0.1, 0.15) is 13.1 Å². The van der Waals surface area contributed by atoms with E-state index in [-0.39, 0.29) is 11.2 Å². The highest BCUT2D eigenvalue weighted by molar-refractivity contribution is 5.71. The monoisotopic (exact) mass is 372 g/mol. The van der Waals surface area contributed by atoms with Crippen LogP contribution in [0.4, 0.5) is 0 Å². The Labute approximate surface area is 157 Å². The SMILES string of the molecule is COCCn1c(C[NH+](C)Cc2ccccc2)nc2c1c(=O)n(C)c(=O)n2C. The third kappa shape index (κ3) is 3.72. The zero-order valence-electron chi connectivity index (χ0n) is 16.2. The summed E-state index contributed by atoms with van der Waals surface area (Å²) in [5.74, 6) is 0.772. The van der Waals surface area contributed by atoms with E-state index in [9.17, 15) is 9.59 Å². The fourth-order valence-electron chi connectivity index (χ4n) is 3.33. The number of methoxy groups -OCH3 is 1. The lowest BCUT2D eigenvalue weighted by Crippen LogP contribution is -3.06. The molecule has 1 atom stereocenters. The van der Waals surface area contributed by atoms with Crippen molar-refractivity contribution in [2.75, 3.05) is 20.8 Å². The lowest BCUT2D eigenvalue weighted by atomic mass is 10.2. The van der Waals surface area contributed by atoms with Gasteiger partial charge in [-0.1, -0.05) is 30.3 Å². The van der Waals surface area contributed by atoms with E-state index in [1.807, 2.05) is 22.8 Å². The molecule has 1 unspecified atom stereocenters. The van der Waals surface area contributed by atoms with Gasteiger partial charge >= 0.3 is 5.69 Å². The summed E-state index contributed by atoms with van der Waals surface area (Å²) >= 11 is 0. The molecule has 0 radical (unpaired) electrons.